The molecule has 0 rings (SSSR count). The van der Waals surface area contributed by atoms with Gasteiger partial charge in [-0.25, -0.2) is 0 Å². The van der Waals surface area contributed by atoms with Crippen LogP contribution in [0.25, 0.3) is 0 Å². The van der Waals surface area contributed by atoms with Crippen molar-refractivity contribution < 1.29 is 41.7 Å². The molecule has 0 fully saturated rings. The molecule has 0 spiro atoms. The summed E-state index contributed by atoms with van der Waals surface area (Å²) >= 11 is 0. The molecule has 0 radical (unpaired) electrons. The summed E-state index contributed by atoms with van der Waals surface area (Å²) < 4.78 is 0. The third kappa shape index (κ3) is 113. The van der Waals surface area contributed by atoms with Gasteiger partial charge in [-0.05, 0) is 0 Å². The normalized spacial score (nSPS) is 5.45. The fourth-order valence-corrected chi connectivity index (χ4v) is 0. The van der Waals surface area contributed by atoms with E-state index < -0.39 is 9.05 Å². The van der Waals surface area contributed by atoms with Crippen LogP contribution in [0.4, 0.5) is 0 Å². The molecule has 0 aliphatic carbocycles. The van der Waals surface area contributed by atoms with Crippen LogP contribution in [-0.4, -0.2) is 155 Å². The second-order valence-electron chi connectivity index (χ2n) is 0.600. The average Bonchev–Trinajstić information content (AvgIpc) is 0.722. The van der Waals surface area contributed by atoms with Crippen molar-refractivity contribution in [1.29, 1.82) is 0 Å². The Morgan fingerprint density at radius 1 is 0.909 bits per heavy atom. The Morgan fingerprint density at radius 3 is 0.909 bits per heavy atom. The molecule has 0 bridgehead atoms. The molecule has 0 atom stereocenters. The van der Waals surface area contributed by atoms with Crippen molar-refractivity contribution in [2.75, 3.05) is 0 Å². The minimum atomic E-state index is -4.61. The van der Waals surface area contributed by atoms with Crippen molar-refractivity contribution in [3.8, 4) is 0 Å². The molecular weight excluding hydrogens is 277 g/mol. The van der Waals surface area contributed by atoms with E-state index in [1.165, 1.54) is 0 Å². The van der Waals surface area contributed by atoms with Gasteiger partial charge in [-0.1, -0.05) is 0 Å². The van der Waals surface area contributed by atoms with Crippen molar-refractivity contribution in [1.82, 2.24) is 0 Å². The third-order valence-corrected chi connectivity index (χ3v) is 0. The molecule has 0 aliphatic heterocycles. The van der Waals surface area contributed by atoms with Crippen molar-refractivity contribution in [3.05, 3.63) is 0 Å². The molecule has 11 heavy (non-hydrogen) atoms. The molecule has 0 aliphatic rings. The average molecular weight is 290 g/mol. The van der Waals surface area contributed by atoms with Crippen LogP contribution in [0.1, 0.15) is 0 Å². The quantitative estimate of drug-likeness (QED) is 0.332. The van der Waals surface area contributed by atoms with Gasteiger partial charge in [0.05, 0.1) is 0 Å². The van der Waals surface area contributed by atoms with E-state index in [0.717, 1.165) is 0 Å². The number of hydrogen-bond donors (Lipinski definition) is 4. The van der Waals surface area contributed by atoms with Crippen molar-refractivity contribution >= 4 is 130 Å². The van der Waals surface area contributed by atoms with Gasteiger partial charge in [0.2, 0.25) is 0 Å². The van der Waals surface area contributed by atoms with Crippen LogP contribution in [0.3, 0.4) is 0 Å². The van der Waals surface area contributed by atoms with Gasteiger partial charge in [-0.3, -0.25) is 0 Å². The fourth-order valence-electron chi connectivity index (χ4n) is 0. The molecule has 0 saturated heterocycles. The third-order valence-electron chi connectivity index (χ3n) is 0. The maximum absolute atomic E-state index is 7.33. The van der Waals surface area contributed by atoms with Crippen LogP contribution in [-0.2, 0) is 17.1 Å². The molecule has 0 saturated carbocycles. The first kappa shape index (κ1) is 45.1. The van der Waals surface area contributed by atoms with Crippen molar-refractivity contribution in [2.45, 2.75) is 0 Å². The Kier molecular flexibility index (Phi) is 98.3. The van der Waals surface area contributed by atoms with Gasteiger partial charge in [0.25, 0.3) is 0 Å². The Hall–Kier alpha value is 4.47. The van der Waals surface area contributed by atoms with Crippen molar-refractivity contribution in [3.63, 3.8) is 0 Å². The summed E-state index contributed by atoms with van der Waals surface area (Å²) in [4.78, 5) is 29.3. The first-order valence-electron chi connectivity index (χ1n) is 0.894. The molecule has 0 aromatic heterocycles. The maximum atomic E-state index is 7.33. The van der Waals surface area contributed by atoms with E-state index in [9.17, 15) is 0 Å². The van der Waals surface area contributed by atoms with Crippen LogP contribution < -0.4 is 0 Å². The van der Waals surface area contributed by atoms with E-state index in [2.05, 4.69) is 0 Å². The zero-order chi connectivity index (χ0) is 4.50. The van der Waals surface area contributed by atoms with Crippen LogP contribution in [0, 0.1) is 0 Å². The summed E-state index contributed by atoms with van der Waals surface area (Å²) in [5.41, 5.74) is 0. The van der Waals surface area contributed by atoms with Gasteiger partial charge in [-0.2, -0.15) is 0 Å². The van der Waals surface area contributed by atoms with E-state index in [1.807, 2.05) is 0 Å². The van der Waals surface area contributed by atoms with Gasteiger partial charge in [0.1, 0.15) is 0 Å². The van der Waals surface area contributed by atoms with Crippen molar-refractivity contribution in [2.24, 2.45) is 0 Å². The molecule has 0 heterocycles. The van der Waals surface area contributed by atoms with E-state index in [4.69, 9.17) is 19.2 Å². The van der Waals surface area contributed by atoms with E-state index in [-0.39, 0.29) is 144 Å². The van der Waals surface area contributed by atoms with Crippen LogP contribution >= 0.6 is 0 Å². The zero-order valence-electron chi connectivity index (χ0n) is 3.14. The predicted molar refractivity (Wildman–Crippen MR) is 51.0 cm³/mol. The topological polar surface area (TPSA) is 112 Å². The van der Waals surface area contributed by atoms with Gasteiger partial charge in [0.15, 0.2) is 17.4 Å². The molecule has 0 aromatic rings. The standard InChI is InChI=1S/Al.Fe.K.Mg.Na.H4O4Si.H2O.7H/c;;;;;1-5(2,3)4;;;;;;;;/h;;;;;1-4H;1H2;;;;;;;. The second-order valence-corrected chi connectivity index (χ2v) is 1.80. The fraction of sp³-hybridized carbons (Fsp3) is 0. The van der Waals surface area contributed by atoms with Crippen LogP contribution in [0.15, 0.2) is 0 Å². The number of rotatable bonds is 0. The van der Waals surface area contributed by atoms with E-state index in [1.54, 1.807) is 0 Å². The van der Waals surface area contributed by atoms with Gasteiger partial charge in [-0.15, -0.1) is 0 Å². The van der Waals surface area contributed by atoms with Gasteiger partial charge >= 0.3 is 113 Å². The van der Waals surface area contributed by atoms with Crippen LogP contribution in [0.2, 0.25) is 0 Å². The van der Waals surface area contributed by atoms with Crippen LogP contribution in [0.5, 0.6) is 0 Å². The summed E-state index contributed by atoms with van der Waals surface area (Å²) in [6, 6.07) is 0. The first-order valence-corrected chi connectivity index (χ1v) is 2.68. The Bertz CT molecular complexity index is 42.0. The molecule has 6 N–H and O–H groups in total. The number of hydrogen-bond acceptors (Lipinski definition) is 4. The SMILES string of the molecule is O.O[Si](O)(O)O.[AlH3].[Fe].[KH].[MgH2].[NaH]. The van der Waals surface area contributed by atoms with Gasteiger partial charge in [0, 0.05) is 17.1 Å². The Balaban J connectivity index is -0.00000000533. The summed E-state index contributed by atoms with van der Waals surface area (Å²) in [7, 11) is -4.61. The van der Waals surface area contributed by atoms with E-state index >= 15 is 0 Å². The van der Waals surface area contributed by atoms with E-state index in [0.29, 0.717) is 0 Å². The molecule has 0 aromatic carbocycles. The van der Waals surface area contributed by atoms with Gasteiger partial charge < -0.3 is 24.7 Å². The first-order chi connectivity index (χ1) is 2.00. The molecule has 0 unspecified atom stereocenters. The summed E-state index contributed by atoms with van der Waals surface area (Å²) in [5, 5.41) is 0. The molecule has 62 valence electrons. The molecule has 5 nitrogen and oxygen atoms in total. The molecule has 11 heteroatoms. The monoisotopic (exact) mass is 290 g/mol. The molecule has 0 amide bonds. The summed E-state index contributed by atoms with van der Waals surface area (Å²) in [5.74, 6) is 0. The minimum absolute atomic E-state index is 0. The predicted octanol–water partition coefficient (Wildman–Crippen LogP) is -6.83. The zero-order valence-corrected chi connectivity index (χ0v) is 5.25. The summed E-state index contributed by atoms with van der Waals surface area (Å²) in [6.07, 6.45) is 0. The second kappa shape index (κ2) is 24.0. The Labute approximate surface area is 168 Å². The molecular formula is H13AlFeKMgNaO5Si. The summed E-state index contributed by atoms with van der Waals surface area (Å²) in [6.45, 7) is 0. The Morgan fingerprint density at radius 2 is 0.909 bits per heavy atom.